The Morgan fingerprint density at radius 2 is 2.06 bits per heavy atom. The van der Waals surface area contributed by atoms with E-state index in [1.165, 1.54) is 0 Å². The molecule has 0 aliphatic heterocycles. The van der Waals surface area contributed by atoms with E-state index in [0.29, 0.717) is 10.0 Å². The molecule has 1 aromatic carbocycles. The lowest BCUT2D eigenvalue weighted by molar-refractivity contribution is 0.0570. The Hall–Kier alpha value is -0.680. The van der Waals surface area contributed by atoms with Gasteiger partial charge in [-0.25, -0.2) is 8.78 Å². The van der Waals surface area contributed by atoms with Crippen molar-refractivity contribution in [2.75, 3.05) is 19.0 Å². The maximum Gasteiger partial charge on any atom is 0.255 e. The van der Waals surface area contributed by atoms with E-state index in [4.69, 9.17) is 11.6 Å². The summed E-state index contributed by atoms with van der Waals surface area (Å²) in [6.07, 6.45) is -2.57. The van der Waals surface area contributed by atoms with E-state index in [-0.39, 0.29) is 12.4 Å². The minimum Gasteiger partial charge on any atom is -0.332 e. The van der Waals surface area contributed by atoms with Crippen molar-refractivity contribution in [1.82, 2.24) is 4.90 Å². The summed E-state index contributed by atoms with van der Waals surface area (Å²) in [6.45, 7) is -0.501. The third-order valence-corrected chi connectivity index (χ3v) is 2.96. The van der Waals surface area contributed by atoms with Gasteiger partial charge in [0.1, 0.15) is 0 Å². The minimum absolute atomic E-state index is 0.103. The van der Waals surface area contributed by atoms with Crippen molar-refractivity contribution in [3.63, 3.8) is 0 Å². The van der Waals surface area contributed by atoms with Crippen LogP contribution in [-0.4, -0.2) is 36.2 Å². The average Bonchev–Trinajstić information content (AvgIpc) is 2.28. The van der Waals surface area contributed by atoms with E-state index < -0.39 is 18.9 Å². The number of carbonyl (C=O) groups is 1. The molecule has 1 rings (SSSR count). The van der Waals surface area contributed by atoms with E-state index in [1.54, 1.807) is 24.3 Å². The molecule has 0 radical (unpaired) electrons. The summed E-state index contributed by atoms with van der Waals surface area (Å²) in [6, 6.07) is 6.70. The van der Waals surface area contributed by atoms with E-state index in [9.17, 15) is 13.6 Å². The van der Waals surface area contributed by atoms with Gasteiger partial charge in [0.15, 0.2) is 0 Å². The van der Waals surface area contributed by atoms with Crippen molar-refractivity contribution in [3.05, 3.63) is 34.3 Å². The molecule has 0 N–H and O–H groups in total. The maximum absolute atomic E-state index is 12.3. The Balaban J connectivity index is 2.88. The zero-order valence-corrected chi connectivity index (χ0v) is 11.2. The van der Waals surface area contributed by atoms with Crippen molar-refractivity contribution < 1.29 is 13.6 Å². The smallest absolute Gasteiger partial charge is 0.255 e. The third kappa shape index (κ3) is 4.24. The molecule has 94 valence electrons. The number of alkyl halides is 3. The fourth-order valence-corrected chi connectivity index (χ4v) is 2.01. The monoisotopic (exact) mass is 325 g/mol. The molecular weight excluding hydrogens is 315 g/mol. The van der Waals surface area contributed by atoms with Crippen LogP contribution >= 0.6 is 27.5 Å². The first-order valence-electron chi connectivity index (χ1n) is 4.94. The molecule has 0 fully saturated rings. The Morgan fingerprint density at radius 3 is 2.59 bits per heavy atom. The largest absolute Gasteiger partial charge is 0.332 e. The van der Waals surface area contributed by atoms with Gasteiger partial charge in [0, 0.05) is 16.9 Å². The number of hydrogen-bond acceptors (Lipinski definition) is 1. The molecule has 6 heteroatoms. The second kappa shape index (κ2) is 6.91. The molecule has 0 saturated heterocycles. The first-order valence-corrected chi connectivity index (χ1v) is 6.27. The van der Waals surface area contributed by atoms with Gasteiger partial charge in [0.2, 0.25) is 0 Å². The highest BCUT2D eigenvalue weighted by Crippen LogP contribution is 2.18. The van der Waals surface area contributed by atoms with Crippen LogP contribution in [0.15, 0.2) is 28.7 Å². The SMILES string of the molecule is O=C(c1ccccc1Br)N(CCCl)CC(F)F. The van der Waals surface area contributed by atoms with Gasteiger partial charge in [-0.2, -0.15) is 0 Å². The summed E-state index contributed by atoms with van der Waals surface area (Å²) in [5.74, 6) is -0.318. The summed E-state index contributed by atoms with van der Waals surface area (Å²) in [5.41, 5.74) is 0.360. The van der Waals surface area contributed by atoms with Crippen molar-refractivity contribution in [3.8, 4) is 0 Å². The normalized spacial score (nSPS) is 10.6. The number of benzene rings is 1. The number of nitrogens with zero attached hydrogens (tertiary/aromatic N) is 1. The van der Waals surface area contributed by atoms with E-state index in [0.717, 1.165) is 4.90 Å². The predicted molar refractivity (Wildman–Crippen MR) is 66.8 cm³/mol. The standard InChI is InChI=1S/C11H11BrClF2NO/c12-9-4-2-1-3-8(9)11(17)16(6-5-13)7-10(14)15/h1-4,10H,5-7H2. The first kappa shape index (κ1) is 14.4. The maximum atomic E-state index is 12.3. The van der Waals surface area contributed by atoms with Gasteiger partial charge in [0.25, 0.3) is 12.3 Å². The van der Waals surface area contributed by atoms with Gasteiger partial charge in [-0.15, -0.1) is 11.6 Å². The second-order valence-electron chi connectivity index (χ2n) is 3.31. The number of carbonyl (C=O) groups excluding carboxylic acids is 1. The molecule has 2 nitrogen and oxygen atoms in total. The van der Waals surface area contributed by atoms with Crippen molar-refractivity contribution in [1.29, 1.82) is 0 Å². The molecule has 0 spiro atoms. The molecule has 0 aliphatic carbocycles. The summed E-state index contributed by atoms with van der Waals surface area (Å²) < 4.78 is 25.3. The molecule has 0 saturated carbocycles. The van der Waals surface area contributed by atoms with Gasteiger partial charge < -0.3 is 4.90 Å². The van der Waals surface area contributed by atoms with Crippen molar-refractivity contribution in [2.45, 2.75) is 6.43 Å². The lowest BCUT2D eigenvalue weighted by atomic mass is 10.2. The fourth-order valence-electron chi connectivity index (χ4n) is 1.35. The summed E-state index contributed by atoms with van der Waals surface area (Å²) in [5, 5.41) is 0. The van der Waals surface area contributed by atoms with Crippen LogP contribution in [0.25, 0.3) is 0 Å². The van der Waals surface area contributed by atoms with E-state index in [2.05, 4.69) is 15.9 Å². The van der Waals surface area contributed by atoms with Crippen LogP contribution in [0, 0.1) is 0 Å². The van der Waals surface area contributed by atoms with Crippen LogP contribution < -0.4 is 0 Å². The lowest BCUT2D eigenvalue weighted by Crippen LogP contribution is -2.36. The summed E-state index contributed by atoms with van der Waals surface area (Å²) in [7, 11) is 0. The Morgan fingerprint density at radius 1 is 1.41 bits per heavy atom. The molecule has 0 aliphatic rings. The van der Waals surface area contributed by atoms with Crippen molar-refractivity contribution >= 4 is 33.4 Å². The Kier molecular flexibility index (Phi) is 5.85. The van der Waals surface area contributed by atoms with Crippen LogP contribution in [0.4, 0.5) is 8.78 Å². The van der Waals surface area contributed by atoms with Gasteiger partial charge >= 0.3 is 0 Å². The molecule has 0 unspecified atom stereocenters. The summed E-state index contributed by atoms with van der Waals surface area (Å²) >= 11 is 8.72. The predicted octanol–water partition coefficient (Wildman–Crippen LogP) is 3.40. The number of halogens is 4. The molecule has 1 aromatic rings. The molecule has 0 atom stereocenters. The summed E-state index contributed by atoms with van der Waals surface area (Å²) in [4.78, 5) is 13.0. The van der Waals surface area contributed by atoms with Crippen LogP contribution in [0.5, 0.6) is 0 Å². The molecule has 0 aromatic heterocycles. The van der Waals surface area contributed by atoms with Crippen LogP contribution in [-0.2, 0) is 0 Å². The Labute approximate surface area is 112 Å². The first-order chi connectivity index (χ1) is 8.06. The van der Waals surface area contributed by atoms with E-state index >= 15 is 0 Å². The second-order valence-corrected chi connectivity index (χ2v) is 4.54. The zero-order chi connectivity index (χ0) is 12.8. The van der Waals surface area contributed by atoms with Crippen LogP contribution in [0.2, 0.25) is 0 Å². The minimum atomic E-state index is -2.57. The number of hydrogen-bond donors (Lipinski definition) is 0. The molecule has 0 heterocycles. The highest BCUT2D eigenvalue weighted by molar-refractivity contribution is 9.10. The highest BCUT2D eigenvalue weighted by atomic mass is 79.9. The highest BCUT2D eigenvalue weighted by Gasteiger charge is 2.20. The third-order valence-electron chi connectivity index (χ3n) is 2.10. The van der Waals surface area contributed by atoms with Crippen molar-refractivity contribution in [2.24, 2.45) is 0 Å². The average molecular weight is 327 g/mol. The molecular formula is C11H11BrClF2NO. The van der Waals surface area contributed by atoms with Gasteiger partial charge in [0.05, 0.1) is 12.1 Å². The Bertz CT molecular complexity index is 389. The zero-order valence-electron chi connectivity index (χ0n) is 8.88. The lowest BCUT2D eigenvalue weighted by Gasteiger charge is -2.21. The number of amides is 1. The quantitative estimate of drug-likeness (QED) is 0.760. The van der Waals surface area contributed by atoms with Gasteiger partial charge in [-0.1, -0.05) is 12.1 Å². The molecule has 0 bridgehead atoms. The van der Waals surface area contributed by atoms with Crippen LogP contribution in [0.1, 0.15) is 10.4 Å². The molecule has 1 amide bonds. The topological polar surface area (TPSA) is 20.3 Å². The fraction of sp³-hybridized carbons (Fsp3) is 0.364. The number of rotatable bonds is 5. The van der Waals surface area contributed by atoms with Gasteiger partial charge in [-0.05, 0) is 28.1 Å². The van der Waals surface area contributed by atoms with E-state index in [1.807, 2.05) is 0 Å². The van der Waals surface area contributed by atoms with Gasteiger partial charge in [-0.3, -0.25) is 4.79 Å². The van der Waals surface area contributed by atoms with Crippen LogP contribution in [0.3, 0.4) is 0 Å². The molecule has 17 heavy (non-hydrogen) atoms.